The van der Waals surface area contributed by atoms with E-state index in [1.54, 1.807) is 13.0 Å². The summed E-state index contributed by atoms with van der Waals surface area (Å²) in [7, 11) is 1.99. The van der Waals surface area contributed by atoms with Gasteiger partial charge in [-0.25, -0.2) is 4.79 Å². The van der Waals surface area contributed by atoms with E-state index in [1.165, 1.54) is 0 Å². The second-order valence-electron chi connectivity index (χ2n) is 4.21. The maximum Gasteiger partial charge on any atom is 0.331 e. The molecule has 1 aromatic carbocycles. The zero-order valence-corrected chi connectivity index (χ0v) is 10.2. The van der Waals surface area contributed by atoms with Crippen LogP contribution in [0.4, 0.5) is 0 Å². The molecule has 0 atom stereocenters. The summed E-state index contributed by atoms with van der Waals surface area (Å²) in [6.45, 7) is 3.62. The predicted molar refractivity (Wildman–Crippen MR) is 68.9 cm³/mol. The number of carbonyl (C=O) groups is 1. The van der Waals surface area contributed by atoms with E-state index in [1.807, 2.05) is 38.2 Å². The zero-order valence-electron chi connectivity index (χ0n) is 10.2. The molecule has 0 radical (unpaired) electrons. The third-order valence-corrected chi connectivity index (χ3v) is 3.15. The SMILES string of the molecule is C/C(=C\c1c(C)n(C)c2ccccc12)C(=O)O. The molecule has 3 nitrogen and oxygen atoms in total. The third kappa shape index (κ3) is 1.84. The number of nitrogens with zero attached hydrogens (tertiary/aromatic N) is 1. The Hall–Kier alpha value is -2.03. The lowest BCUT2D eigenvalue weighted by molar-refractivity contribution is -0.132. The van der Waals surface area contributed by atoms with Crippen molar-refractivity contribution in [1.82, 2.24) is 4.57 Å². The van der Waals surface area contributed by atoms with Crippen LogP contribution >= 0.6 is 0 Å². The fraction of sp³-hybridized carbons (Fsp3) is 0.214. The van der Waals surface area contributed by atoms with Crippen molar-refractivity contribution in [3.05, 3.63) is 41.1 Å². The number of aromatic nitrogens is 1. The highest BCUT2D eigenvalue weighted by Gasteiger charge is 2.10. The van der Waals surface area contributed by atoms with Crippen molar-refractivity contribution in [2.24, 2.45) is 7.05 Å². The van der Waals surface area contributed by atoms with E-state index in [4.69, 9.17) is 5.11 Å². The van der Waals surface area contributed by atoms with Gasteiger partial charge in [-0.1, -0.05) is 18.2 Å². The van der Waals surface area contributed by atoms with Gasteiger partial charge in [0, 0.05) is 34.8 Å². The molecule has 0 aliphatic carbocycles. The second-order valence-corrected chi connectivity index (χ2v) is 4.21. The molecule has 88 valence electrons. The molecule has 2 rings (SSSR count). The normalized spacial score (nSPS) is 12.1. The molecule has 1 N–H and O–H groups in total. The van der Waals surface area contributed by atoms with Crippen LogP contribution in [0.2, 0.25) is 0 Å². The van der Waals surface area contributed by atoms with Crippen LogP contribution in [0.25, 0.3) is 17.0 Å². The van der Waals surface area contributed by atoms with Gasteiger partial charge in [-0.2, -0.15) is 0 Å². The molecule has 2 aromatic rings. The monoisotopic (exact) mass is 229 g/mol. The molecule has 0 saturated heterocycles. The molecule has 0 spiro atoms. The zero-order chi connectivity index (χ0) is 12.6. The lowest BCUT2D eigenvalue weighted by Crippen LogP contribution is -1.96. The van der Waals surface area contributed by atoms with Gasteiger partial charge >= 0.3 is 5.97 Å². The third-order valence-electron chi connectivity index (χ3n) is 3.15. The topological polar surface area (TPSA) is 42.2 Å². The number of hydrogen-bond donors (Lipinski definition) is 1. The molecule has 1 aromatic heterocycles. The van der Waals surface area contributed by atoms with Crippen LogP contribution in [0.1, 0.15) is 18.2 Å². The van der Waals surface area contributed by atoms with Gasteiger partial charge in [0.25, 0.3) is 0 Å². The van der Waals surface area contributed by atoms with Crippen LogP contribution in [-0.4, -0.2) is 15.6 Å². The molecule has 0 aliphatic heterocycles. The molecule has 1 heterocycles. The summed E-state index contributed by atoms with van der Waals surface area (Å²) in [5.74, 6) is -0.877. The first-order valence-corrected chi connectivity index (χ1v) is 5.48. The van der Waals surface area contributed by atoms with Crippen molar-refractivity contribution in [2.75, 3.05) is 0 Å². The summed E-state index contributed by atoms with van der Waals surface area (Å²) < 4.78 is 2.08. The second kappa shape index (κ2) is 4.09. The number of carboxylic acids is 1. The van der Waals surface area contributed by atoms with Crippen LogP contribution in [-0.2, 0) is 11.8 Å². The van der Waals surface area contributed by atoms with Gasteiger partial charge in [-0.3, -0.25) is 0 Å². The van der Waals surface area contributed by atoms with Gasteiger partial charge < -0.3 is 9.67 Å². The average molecular weight is 229 g/mol. The highest BCUT2D eigenvalue weighted by molar-refractivity contribution is 5.97. The number of benzene rings is 1. The lowest BCUT2D eigenvalue weighted by Gasteiger charge is -1.98. The fourth-order valence-electron chi connectivity index (χ4n) is 2.01. The van der Waals surface area contributed by atoms with Gasteiger partial charge in [0.2, 0.25) is 0 Å². The van der Waals surface area contributed by atoms with E-state index in [2.05, 4.69) is 4.57 Å². The van der Waals surface area contributed by atoms with Crippen LogP contribution in [0.5, 0.6) is 0 Å². The number of aryl methyl sites for hydroxylation is 1. The predicted octanol–water partition coefficient (Wildman–Crippen LogP) is 2.97. The van der Waals surface area contributed by atoms with Crippen molar-refractivity contribution in [2.45, 2.75) is 13.8 Å². The summed E-state index contributed by atoms with van der Waals surface area (Å²) in [6, 6.07) is 8.01. The largest absolute Gasteiger partial charge is 0.478 e. The van der Waals surface area contributed by atoms with E-state index in [-0.39, 0.29) is 0 Å². The quantitative estimate of drug-likeness (QED) is 0.804. The first-order valence-electron chi connectivity index (χ1n) is 5.48. The number of aliphatic carboxylic acids is 1. The van der Waals surface area contributed by atoms with Crippen molar-refractivity contribution >= 4 is 22.9 Å². The van der Waals surface area contributed by atoms with E-state index in [0.29, 0.717) is 5.57 Å². The summed E-state index contributed by atoms with van der Waals surface area (Å²) in [6.07, 6.45) is 1.74. The van der Waals surface area contributed by atoms with Crippen LogP contribution in [0.15, 0.2) is 29.8 Å². The van der Waals surface area contributed by atoms with Gasteiger partial charge in [0.05, 0.1) is 0 Å². The van der Waals surface area contributed by atoms with E-state index in [0.717, 1.165) is 22.2 Å². The van der Waals surface area contributed by atoms with Crippen molar-refractivity contribution in [3.63, 3.8) is 0 Å². The Balaban J connectivity index is 2.74. The first-order chi connectivity index (χ1) is 8.02. The average Bonchev–Trinajstić information content (AvgIpc) is 2.55. The Bertz CT molecular complexity index is 620. The van der Waals surface area contributed by atoms with E-state index < -0.39 is 5.97 Å². The van der Waals surface area contributed by atoms with Crippen LogP contribution < -0.4 is 0 Å². The van der Waals surface area contributed by atoms with Gasteiger partial charge in [0.1, 0.15) is 0 Å². The highest BCUT2D eigenvalue weighted by Crippen LogP contribution is 2.26. The van der Waals surface area contributed by atoms with Crippen molar-refractivity contribution in [3.8, 4) is 0 Å². The summed E-state index contributed by atoms with van der Waals surface area (Å²) in [4.78, 5) is 10.9. The molecular formula is C14H15NO2. The number of carboxylic acid groups (broad SMARTS) is 1. The Morgan fingerprint density at radius 1 is 1.35 bits per heavy atom. The molecule has 0 fully saturated rings. The number of hydrogen-bond acceptors (Lipinski definition) is 1. The van der Waals surface area contributed by atoms with Gasteiger partial charge in [-0.15, -0.1) is 0 Å². The molecule has 0 saturated carbocycles. The Morgan fingerprint density at radius 2 is 2.00 bits per heavy atom. The molecule has 0 aliphatic rings. The van der Waals surface area contributed by atoms with E-state index >= 15 is 0 Å². The lowest BCUT2D eigenvalue weighted by atomic mass is 10.1. The van der Waals surface area contributed by atoms with Crippen LogP contribution in [0.3, 0.4) is 0 Å². The minimum Gasteiger partial charge on any atom is -0.478 e. The molecule has 0 bridgehead atoms. The molecule has 3 heteroatoms. The highest BCUT2D eigenvalue weighted by atomic mass is 16.4. The molecular weight excluding hydrogens is 214 g/mol. The molecule has 0 amide bonds. The molecule has 17 heavy (non-hydrogen) atoms. The van der Waals surface area contributed by atoms with Crippen LogP contribution in [0, 0.1) is 6.92 Å². The summed E-state index contributed by atoms with van der Waals surface area (Å²) in [5.41, 5.74) is 3.54. The van der Waals surface area contributed by atoms with Crippen molar-refractivity contribution in [1.29, 1.82) is 0 Å². The Morgan fingerprint density at radius 3 is 2.65 bits per heavy atom. The minimum atomic E-state index is -0.877. The van der Waals surface area contributed by atoms with Gasteiger partial charge in [0.15, 0.2) is 0 Å². The minimum absolute atomic E-state index is 0.351. The molecule has 0 unspecified atom stereocenters. The smallest absolute Gasteiger partial charge is 0.331 e. The summed E-state index contributed by atoms with van der Waals surface area (Å²) >= 11 is 0. The Kier molecular flexibility index (Phi) is 2.76. The maximum absolute atomic E-state index is 10.9. The number of para-hydroxylation sites is 1. The van der Waals surface area contributed by atoms with Gasteiger partial charge in [-0.05, 0) is 26.0 Å². The maximum atomic E-state index is 10.9. The van der Waals surface area contributed by atoms with E-state index in [9.17, 15) is 4.79 Å². The number of fused-ring (bicyclic) bond motifs is 1. The summed E-state index contributed by atoms with van der Waals surface area (Å²) in [5, 5.41) is 10.0. The van der Waals surface area contributed by atoms with Crippen molar-refractivity contribution < 1.29 is 9.90 Å². The first kappa shape index (κ1) is 11.5. The Labute approximate surface area is 100.0 Å². The standard InChI is InChI=1S/C14H15NO2/c1-9(14(16)17)8-12-10(2)15(3)13-7-5-4-6-11(12)13/h4-8H,1-3H3,(H,16,17)/b9-8+. The fourth-order valence-corrected chi connectivity index (χ4v) is 2.01. The number of rotatable bonds is 2.